The number of carbonyl (C=O) groups excluding carboxylic acids is 2. The molecule has 0 aliphatic rings. The molecule has 0 fully saturated rings. The predicted molar refractivity (Wildman–Crippen MR) is 113 cm³/mol. The molecule has 0 saturated carbocycles. The zero-order chi connectivity index (χ0) is 21.0. The maximum Gasteiger partial charge on any atom is 0.339 e. The van der Waals surface area contributed by atoms with Crippen molar-refractivity contribution in [2.24, 2.45) is 0 Å². The Kier molecular flexibility index (Phi) is 6.63. The number of hydrogen-bond donors (Lipinski definition) is 2. The van der Waals surface area contributed by atoms with Gasteiger partial charge in [0.15, 0.2) is 5.82 Å². The number of esters is 1. The average Bonchev–Trinajstić information content (AvgIpc) is 3.06. The molecular formula is C18H15Cl2N5O3S. The molecule has 0 spiro atoms. The number of carbonyl (C=O) groups is 2. The van der Waals surface area contributed by atoms with E-state index < -0.39 is 5.97 Å². The zero-order valence-corrected chi connectivity index (χ0v) is 17.4. The smallest absolute Gasteiger partial charge is 0.339 e. The summed E-state index contributed by atoms with van der Waals surface area (Å²) in [6.07, 6.45) is 0. The largest absolute Gasteiger partial charge is 0.465 e. The molecule has 29 heavy (non-hydrogen) atoms. The average molecular weight is 452 g/mol. The van der Waals surface area contributed by atoms with Crippen molar-refractivity contribution in [3.63, 3.8) is 0 Å². The standard InChI is InChI=1S/C18H15Cl2N5O3S/c1-28-17(27)12-4-2-3-5-14(12)22-15(26)9-29-18-24-23-16(25(18)21)11-7-6-10(19)8-13(11)20/h2-8H,9,21H2,1H3,(H,22,26). The lowest BCUT2D eigenvalue weighted by atomic mass is 10.2. The summed E-state index contributed by atoms with van der Waals surface area (Å²) < 4.78 is 5.96. The van der Waals surface area contributed by atoms with Crippen LogP contribution in [-0.2, 0) is 9.53 Å². The van der Waals surface area contributed by atoms with Gasteiger partial charge in [-0.2, -0.15) is 0 Å². The molecule has 8 nitrogen and oxygen atoms in total. The summed E-state index contributed by atoms with van der Waals surface area (Å²) in [6.45, 7) is 0. The maximum absolute atomic E-state index is 12.3. The SMILES string of the molecule is COC(=O)c1ccccc1NC(=O)CSc1nnc(-c2ccc(Cl)cc2Cl)n1N. The van der Waals surface area contributed by atoms with Crippen molar-refractivity contribution in [3.8, 4) is 11.4 Å². The predicted octanol–water partition coefficient (Wildman–Crippen LogP) is 3.48. The van der Waals surface area contributed by atoms with Gasteiger partial charge in [-0.05, 0) is 30.3 Å². The van der Waals surface area contributed by atoms with Crippen LogP contribution < -0.4 is 11.2 Å². The highest BCUT2D eigenvalue weighted by molar-refractivity contribution is 7.99. The van der Waals surface area contributed by atoms with Crippen LogP contribution in [0.4, 0.5) is 5.69 Å². The summed E-state index contributed by atoms with van der Waals surface area (Å²) in [4.78, 5) is 24.1. The Morgan fingerprint density at radius 1 is 1.21 bits per heavy atom. The molecule has 0 atom stereocenters. The molecule has 1 aromatic heterocycles. The van der Waals surface area contributed by atoms with Crippen LogP contribution in [0.1, 0.15) is 10.4 Å². The fraction of sp³-hybridized carbons (Fsp3) is 0.111. The molecule has 0 bridgehead atoms. The zero-order valence-electron chi connectivity index (χ0n) is 15.1. The number of nitrogen functional groups attached to an aromatic ring is 1. The molecule has 0 radical (unpaired) electrons. The first kappa shape index (κ1) is 21.0. The Bertz CT molecular complexity index is 1070. The lowest BCUT2D eigenvalue weighted by Gasteiger charge is -2.09. The second kappa shape index (κ2) is 9.17. The first-order valence-corrected chi connectivity index (χ1v) is 9.90. The first-order valence-electron chi connectivity index (χ1n) is 8.16. The highest BCUT2D eigenvalue weighted by atomic mass is 35.5. The number of halogens is 2. The van der Waals surface area contributed by atoms with Crippen LogP contribution in [0.2, 0.25) is 10.0 Å². The van der Waals surface area contributed by atoms with Crippen LogP contribution in [-0.4, -0.2) is 39.6 Å². The Balaban J connectivity index is 1.69. The number of rotatable bonds is 6. The second-order valence-electron chi connectivity index (χ2n) is 5.67. The Hall–Kier alpha value is -2.75. The number of methoxy groups -OCH3 is 1. The van der Waals surface area contributed by atoms with Gasteiger partial charge in [0.25, 0.3) is 0 Å². The quantitative estimate of drug-likeness (QED) is 0.335. The van der Waals surface area contributed by atoms with Crippen LogP contribution in [0, 0.1) is 0 Å². The van der Waals surface area contributed by atoms with Crippen molar-refractivity contribution in [1.82, 2.24) is 14.9 Å². The Morgan fingerprint density at radius 3 is 2.69 bits per heavy atom. The number of aromatic nitrogens is 3. The molecule has 2 aromatic carbocycles. The van der Waals surface area contributed by atoms with E-state index in [0.29, 0.717) is 32.3 Å². The van der Waals surface area contributed by atoms with Crippen molar-refractivity contribution in [1.29, 1.82) is 0 Å². The molecule has 0 aliphatic heterocycles. The summed E-state index contributed by atoms with van der Waals surface area (Å²) in [6, 6.07) is 11.5. The first-order chi connectivity index (χ1) is 13.9. The number of nitrogens with two attached hydrogens (primary N) is 1. The highest BCUT2D eigenvalue weighted by Crippen LogP contribution is 2.30. The number of thioether (sulfide) groups is 1. The van der Waals surface area contributed by atoms with Gasteiger partial charge in [-0.1, -0.05) is 47.1 Å². The van der Waals surface area contributed by atoms with E-state index in [9.17, 15) is 9.59 Å². The summed E-state index contributed by atoms with van der Waals surface area (Å²) in [7, 11) is 1.27. The van der Waals surface area contributed by atoms with E-state index in [-0.39, 0.29) is 17.2 Å². The van der Waals surface area contributed by atoms with Gasteiger partial charge in [-0.15, -0.1) is 10.2 Å². The molecule has 0 aliphatic carbocycles. The second-order valence-corrected chi connectivity index (χ2v) is 7.46. The van der Waals surface area contributed by atoms with E-state index in [0.717, 1.165) is 11.8 Å². The van der Waals surface area contributed by atoms with E-state index >= 15 is 0 Å². The van der Waals surface area contributed by atoms with Crippen LogP contribution >= 0.6 is 35.0 Å². The van der Waals surface area contributed by atoms with Crippen LogP contribution in [0.25, 0.3) is 11.4 Å². The van der Waals surface area contributed by atoms with E-state index in [1.807, 2.05) is 0 Å². The third kappa shape index (κ3) is 4.81. The fourth-order valence-electron chi connectivity index (χ4n) is 2.43. The topological polar surface area (TPSA) is 112 Å². The van der Waals surface area contributed by atoms with Gasteiger partial charge in [0.05, 0.1) is 29.1 Å². The third-order valence-corrected chi connectivity index (χ3v) is 5.27. The summed E-state index contributed by atoms with van der Waals surface area (Å²) in [5.41, 5.74) is 1.18. The van der Waals surface area contributed by atoms with Crippen LogP contribution in [0.5, 0.6) is 0 Å². The van der Waals surface area contributed by atoms with Gasteiger partial charge in [0, 0.05) is 10.6 Å². The lowest BCUT2D eigenvalue weighted by molar-refractivity contribution is -0.113. The Morgan fingerprint density at radius 2 is 1.97 bits per heavy atom. The minimum atomic E-state index is -0.542. The summed E-state index contributed by atoms with van der Waals surface area (Å²) >= 11 is 13.2. The van der Waals surface area contributed by atoms with Gasteiger partial charge in [0.1, 0.15) is 0 Å². The number of amides is 1. The molecule has 3 rings (SSSR count). The molecule has 11 heteroatoms. The number of benzene rings is 2. The van der Waals surface area contributed by atoms with Gasteiger partial charge in [0.2, 0.25) is 11.1 Å². The number of ether oxygens (including phenoxy) is 1. The molecule has 1 heterocycles. The molecule has 0 saturated heterocycles. The van der Waals surface area contributed by atoms with Crippen molar-refractivity contribution >= 4 is 52.5 Å². The molecule has 0 unspecified atom stereocenters. The van der Waals surface area contributed by atoms with E-state index in [1.165, 1.54) is 11.8 Å². The number of nitrogens with zero attached hydrogens (tertiary/aromatic N) is 3. The van der Waals surface area contributed by atoms with E-state index in [4.69, 9.17) is 33.8 Å². The van der Waals surface area contributed by atoms with Gasteiger partial charge < -0.3 is 15.9 Å². The molecule has 3 aromatic rings. The lowest BCUT2D eigenvalue weighted by Crippen LogP contribution is -2.18. The third-order valence-electron chi connectivity index (χ3n) is 3.78. The number of anilines is 1. The minimum Gasteiger partial charge on any atom is -0.465 e. The summed E-state index contributed by atoms with van der Waals surface area (Å²) in [5.74, 6) is 5.50. The number of hydrogen-bond acceptors (Lipinski definition) is 7. The maximum atomic E-state index is 12.3. The molecular weight excluding hydrogens is 437 g/mol. The molecule has 3 N–H and O–H groups in total. The van der Waals surface area contributed by atoms with E-state index in [1.54, 1.807) is 42.5 Å². The van der Waals surface area contributed by atoms with Crippen molar-refractivity contribution in [2.45, 2.75) is 5.16 Å². The van der Waals surface area contributed by atoms with Crippen LogP contribution in [0.3, 0.4) is 0 Å². The van der Waals surface area contributed by atoms with Crippen LogP contribution in [0.15, 0.2) is 47.6 Å². The Labute approximate surface area is 180 Å². The number of para-hydroxylation sites is 1. The van der Waals surface area contributed by atoms with Crippen molar-refractivity contribution in [3.05, 3.63) is 58.1 Å². The van der Waals surface area contributed by atoms with Gasteiger partial charge in [-0.25, -0.2) is 9.47 Å². The molecule has 150 valence electrons. The van der Waals surface area contributed by atoms with Crippen molar-refractivity contribution < 1.29 is 14.3 Å². The van der Waals surface area contributed by atoms with Crippen molar-refractivity contribution in [2.75, 3.05) is 24.0 Å². The minimum absolute atomic E-state index is 0.000803. The monoisotopic (exact) mass is 451 g/mol. The van der Waals surface area contributed by atoms with Gasteiger partial charge >= 0.3 is 5.97 Å². The highest BCUT2D eigenvalue weighted by Gasteiger charge is 2.17. The summed E-state index contributed by atoms with van der Waals surface area (Å²) in [5, 5.41) is 11.9. The molecule has 1 amide bonds. The van der Waals surface area contributed by atoms with Gasteiger partial charge in [-0.3, -0.25) is 4.79 Å². The fourth-order valence-corrected chi connectivity index (χ4v) is 3.58. The number of nitrogens with one attached hydrogen (secondary N) is 1. The normalized spacial score (nSPS) is 10.6. The van der Waals surface area contributed by atoms with E-state index in [2.05, 4.69) is 15.5 Å².